The molecule has 0 aliphatic heterocycles. The molecule has 0 atom stereocenters. The van der Waals surface area contributed by atoms with E-state index in [0.717, 1.165) is 0 Å². The molecule has 0 heterocycles. The van der Waals surface area contributed by atoms with E-state index in [1.807, 2.05) is 0 Å². The molecule has 0 bridgehead atoms. The second-order valence-corrected chi connectivity index (χ2v) is 7.11. The maximum Gasteiger partial charge on any atom is 0.138 e. The molecule has 3 aromatic carbocycles. The summed E-state index contributed by atoms with van der Waals surface area (Å²) >= 11 is 18.4. The van der Waals surface area contributed by atoms with E-state index < -0.39 is 0 Å². The van der Waals surface area contributed by atoms with Gasteiger partial charge in [-0.25, -0.2) is 4.39 Å². The van der Waals surface area contributed by atoms with Gasteiger partial charge in [0, 0.05) is 16.1 Å². The molecule has 0 aliphatic carbocycles. The summed E-state index contributed by atoms with van der Waals surface area (Å²) in [6.07, 6.45) is 1.67. The first kappa shape index (κ1) is 20.2. The molecule has 28 heavy (non-hydrogen) atoms. The van der Waals surface area contributed by atoms with Crippen LogP contribution in [0.1, 0.15) is 16.7 Å². The summed E-state index contributed by atoms with van der Waals surface area (Å²) in [7, 11) is 0. The molecule has 140 valence electrons. The molecule has 0 saturated heterocycles. The third kappa shape index (κ3) is 4.85. The molecule has 3 aromatic rings. The Bertz CT molecular complexity index is 1090. The fraction of sp³-hybridized carbons (Fsp3) is 0.0455. The quantitative estimate of drug-likeness (QED) is 0.310. The van der Waals surface area contributed by atoms with E-state index >= 15 is 0 Å². The molecule has 0 saturated carbocycles. The van der Waals surface area contributed by atoms with E-state index in [1.165, 1.54) is 6.07 Å². The third-order valence-electron chi connectivity index (χ3n) is 3.95. The summed E-state index contributed by atoms with van der Waals surface area (Å²) in [6, 6.07) is 18.5. The average Bonchev–Trinajstić information content (AvgIpc) is 2.67. The molecule has 0 aliphatic rings. The second-order valence-electron chi connectivity index (χ2n) is 5.86. The first-order valence-electron chi connectivity index (χ1n) is 8.21. The lowest BCUT2D eigenvalue weighted by molar-refractivity contribution is 0.300. The fourth-order valence-corrected chi connectivity index (χ4v) is 3.29. The van der Waals surface area contributed by atoms with E-state index in [-0.39, 0.29) is 12.4 Å². The number of rotatable bonds is 5. The normalized spacial score (nSPS) is 11.2. The maximum atomic E-state index is 13.7. The van der Waals surface area contributed by atoms with Crippen molar-refractivity contribution in [3.05, 3.63) is 98.2 Å². The highest BCUT2D eigenvalue weighted by molar-refractivity contribution is 6.36. The summed E-state index contributed by atoms with van der Waals surface area (Å²) in [4.78, 5) is 0. The van der Waals surface area contributed by atoms with Gasteiger partial charge in [-0.1, -0.05) is 65.1 Å². The van der Waals surface area contributed by atoms with Crippen molar-refractivity contribution in [2.24, 2.45) is 0 Å². The van der Waals surface area contributed by atoms with Crippen LogP contribution in [0.2, 0.25) is 15.1 Å². The van der Waals surface area contributed by atoms with Crippen molar-refractivity contribution in [3.8, 4) is 11.8 Å². The first-order valence-corrected chi connectivity index (χ1v) is 9.34. The van der Waals surface area contributed by atoms with Crippen LogP contribution in [0.25, 0.3) is 11.6 Å². The van der Waals surface area contributed by atoms with E-state index in [1.54, 1.807) is 60.7 Å². The Morgan fingerprint density at radius 1 is 1.00 bits per heavy atom. The molecule has 0 aromatic heterocycles. The molecule has 0 fully saturated rings. The third-order valence-corrected chi connectivity index (χ3v) is 4.79. The Kier molecular flexibility index (Phi) is 6.59. The number of benzene rings is 3. The number of nitrogens with zero attached hydrogens (tertiary/aromatic N) is 1. The molecule has 0 N–H and O–H groups in total. The van der Waals surface area contributed by atoms with Crippen LogP contribution in [0, 0.1) is 17.1 Å². The van der Waals surface area contributed by atoms with Crippen molar-refractivity contribution in [1.82, 2.24) is 0 Å². The van der Waals surface area contributed by atoms with Crippen LogP contribution in [-0.2, 0) is 6.61 Å². The van der Waals surface area contributed by atoms with Gasteiger partial charge in [0.25, 0.3) is 0 Å². The van der Waals surface area contributed by atoms with Gasteiger partial charge in [-0.3, -0.25) is 0 Å². The van der Waals surface area contributed by atoms with E-state index in [2.05, 4.69) is 6.07 Å². The van der Waals surface area contributed by atoms with E-state index in [0.29, 0.717) is 43.1 Å². The standard InChI is InChI=1S/C22H13Cl3FNO/c23-17-6-7-18(19(24)11-17)16(12-27)9-14-5-8-22(20(25)10-14)28-13-15-3-1-2-4-21(15)26/h1-11H,13H2/b16-9+. The van der Waals surface area contributed by atoms with Crippen LogP contribution >= 0.6 is 34.8 Å². The lowest BCUT2D eigenvalue weighted by Gasteiger charge is -2.10. The van der Waals surface area contributed by atoms with Crippen LogP contribution in [0.5, 0.6) is 5.75 Å². The lowest BCUT2D eigenvalue weighted by atomic mass is 10.0. The van der Waals surface area contributed by atoms with Crippen molar-refractivity contribution >= 4 is 46.5 Å². The number of nitriles is 1. The Morgan fingerprint density at radius 3 is 2.46 bits per heavy atom. The van der Waals surface area contributed by atoms with Crippen molar-refractivity contribution in [1.29, 1.82) is 5.26 Å². The van der Waals surface area contributed by atoms with Crippen molar-refractivity contribution < 1.29 is 9.13 Å². The molecule has 3 rings (SSSR count). The highest BCUT2D eigenvalue weighted by Crippen LogP contribution is 2.31. The maximum absolute atomic E-state index is 13.7. The van der Waals surface area contributed by atoms with Crippen molar-refractivity contribution in [2.75, 3.05) is 0 Å². The fourth-order valence-electron chi connectivity index (χ4n) is 2.54. The van der Waals surface area contributed by atoms with Gasteiger partial charge in [-0.2, -0.15) is 5.26 Å². The average molecular weight is 433 g/mol. The van der Waals surface area contributed by atoms with Gasteiger partial charge in [0.2, 0.25) is 0 Å². The minimum absolute atomic E-state index is 0.0609. The monoisotopic (exact) mass is 431 g/mol. The summed E-state index contributed by atoms with van der Waals surface area (Å²) in [6.45, 7) is 0.0609. The lowest BCUT2D eigenvalue weighted by Crippen LogP contribution is -1.98. The van der Waals surface area contributed by atoms with E-state index in [4.69, 9.17) is 39.5 Å². The zero-order valence-electron chi connectivity index (χ0n) is 14.4. The van der Waals surface area contributed by atoms with Crippen LogP contribution in [0.15, 0.2) is 60.7 Å². The van der Waals surface area contributed by atoms with Crippen LogP contribution in [0.4, 0.5) is 4.39 Å². The Morgan fingerprint density at radius 2 is 1.79 bits per heavy atom. The van der Waals surface area contributed by atoms with Crippen molar-refractivity contribution in [3.63, 3.8) is 0 Å². The highest BCUT2D eigenvalue weighted by atomic mass is 35.5. The van der Waals surface area contributed by atoms with Gasteiger partial charge < -0.3 is 4.74 Å². The SMILES string of the molecule is N#C/C(=C\c1ccc(OCc2ccccc2F)c(Cl)c1)c1ccc(Cl)cc1Cl. The summed E-state index contributed by atoms with van der Waals surface area (Å²) in [5, 5.41) is 10.7. The second kappa shape index (κ2) is 9.12. The van der Waals surface area contributed by atoms with Gasteiger partial charge in [-0.05, 0) is 42.0 Å². The number of allylic oxidation sites excluding steroid dienone is 1. The molecule has 6 heteroatoms. The van der Waals surface area contributed by atoms with Gasteiger partial charge in [0.15, 0.2) is 0 Å². The molecule has 0 unspecified atom stereocenters. The zero-order chi connectivity index (χ0) is 20.1. The first-order chi connectivity index (χ1) is 13.5. The predicted molar refractivity (Wildman–Crippen MR) is 112 cm³/mol. The molecule has 0 amide bonds. The summed E-state index contributed by atoms with van der Waals surface area (Å²) in [5.41, 5.74) is 2.08. The Balaban J connectivity index is 1.82. The minimum Gasteiger partial charge on any atom is -0.487 e. The highest BCUT2D eigenvalue weighted by Gasteiger charge is 2.09. The largest absolute Gasteiger partial charge is 0.487 e. The predicted octanol–water partition coefficient (Wildman–Crippen LogP) is 7.43. The van der Waals surface area contributed by atoms with Gasteiger partial charge >= 0.3 is 0 Å². The Labute approximate surface area is 177 Å². The molecule has 2 nitrogen and oxygen atoms in total. The van der Waals surface area contributed by atoms with Crippen LogP contribution < -0.4 is 4.74 Å². The number of ether oxygens (including phenoxy) is 1. The number of halogens is 4. The van der Waals surface area contributed by atoms with Crippen molar-refractivity contribution in [2.45, 2.75) is 6.61 Å². The number of hydrogen-bond acceptors (Lipinski definition) is 2. The molecular weight excluding hydrogens is 420 g/mol. The van der Waals surface area contributed by atoms with Gasteiger partial charge in [0.1, 0.15) is 18.2 Å². The summed E-state index contributed by atoms with van der Waals surface area (Å²) in [5.74, 6) is 0.0850. The summed E-state index contributed by atoms with van der Waals surface area (Å²) < 4.78 is 19.3. The van der Waals surface area contributed by atoms with Crippen LogP contribution in [0.3, 0.4) is 0 Å². The zero-order valence-corrected chi connectivity index (χ0v) is 16.7. The van der Waals surface area contributed by atoms with Crippen LogP contribution in [-0.4, -0.2) is 0 Å². The molecular formula is C22H13Cl3FNO. The van der Waals surface area contributed by atoms with Gasteiger partial charge in [0.05, 0.1) is 21.7 Å². The smallest absolute Gasteiger partial charge is 0.138 e. The topological polar surface area (TPSA) is 33.0 Å². The molecule has 0 radical (unpaired) electrons. The minimum atomic E-state index is -0.336. The Hall–Kier alpha value is -2.51. The van der Waals surface area contributed by atoms with Gasteiger partial charge in [-0.15, -0.1) is 0 Å². The molecule has 0 spiro atoms. The number of hydrogen-bond donors (Lipinski definition) is 0. The van der Waals surface area contributed by atoms with E-state index in [9.17, 15) is 9.65 Å².